The Balaban J connectivity index is 1.80. The van der Waals surface area contributed by atoms with Crippen molar-refractivity contribution in [1.82, 2.24) is 10.6 Å². The number of carbonyl (C=O) groups is 2. The lowest BCUT2D eigenvalue weighted by molar-refractivity contribution is -0.384. The number of non-ortho nitro benzene ring substituents is 1. The summed E-state index contributed by atoms with van der Waals surface area (Å²) in [7, 11) is 0. The SMILES string of the molecule is O=C(NCc1ccccc1)/C(=C\c1ccc(Br)cc1)NC(=O)c1ccc([N+](=O)[O-])cc1. The predicted molar refractivity (Wildman–Crippen MR) is 121 cm³/mol. The second-order valence-corrected chi connectivity index (χ2v) is 7.45. The van der Waals surface area contributed by atoms with Crippen LogP contribution in [0.3, 0.4) is 0 Å². The van der Waals surface area contributed by atoms with Crippen molar-refractivity contribution in [3.63, 3.8) is 0 Å². The second-order valence-electron chi connectivity index (χ2n) is 6.54. The lowest BCUT2D eigenvalue weighted by Crippen LogP contribution is -2.34. The van der Waals surface area contributed by atoms with Gasteiger partial charge < -0.3 is 10.6 Å². The molecule has 8 heteroatoms. The molecule has 0 heterocycles. The van der Waals surface area contributed by atoms with Gasteiger partial charge in [-0.15, -0.1) is 0 Å². The fourth-order valence-electron chi connectivity index (χ4n) is 2.69. The molecule has 3 rings (SSSR count). The molecule has 0 aliphatic rings. The highest BCUT2D eigenvalue weighted by Gasteiger charge is 2.16. The molecule has 2 amide bonds. The highest BCUT2D eigenvalue weighted by Crippen LogP contribution is 2.15. The molecule has 3 aromatic rings. The van der Waals surface area contributed by atoms with Gasteiger partial charge in [0.2, 0.25) is 0 Å². The zero-order valence-electron chi connectivity index (χ0n) is 16.2. The number of nitro benzene ring substituents is 1. The number of benzene rings is 3. The highest BCUT2D eigenvalue weighted by molar-refractivity contribution is 9.10. The van der Waals surface area contributed by atoms with Crippen LogP contribution in [0.25, 0.3) is 6.08 Å². The summed E-state index contributed by atoms with van der Waals surface area (Å²) in [5, 5.41) is 16.2. The van der Waals surface area contributed by atoms with Crippen molar-refractivity contribution < 1.29 is 14.5 Å². The van der Waals surface area contributed by atoms with Crippen LogP contribution >= 0.6 is 15.9 Å². The topological polar surface area (TPSA) is 101 Å². The van der Waals surface area contributed by atoms with Crippen molar-refractivity contribution in [3.05, 3.63) is 116 Å². The quantitative estimate of drug-likeness (QED) is 0.297. The summed E-state index contributed by atoms with van der Waals surface area (Å²) in [5.74, 6) is -1.00. The van der Waals surface area contributed by atoms with E-state index in [1.54, 1.807) is 18.2 Å². The summed E-state index contributed by atoms with van der Waals surface area (Å²) in [6.45, 7) is 0.296. The minimum atomic E-state index is -0.548. The number of nitrogens with zero attached hydrogens (tertiary/aromatic N) is 1. The van der Waals surface area contributed by atoms with E-state index in [9.17, 15) is 19.7 Å². The second kappa shape index (κ2) is 10.3. The molecule has 0 saturated carbocycles. The molecule has 0 fully saturated rings. The number of nitro groups is 1. The summed E-state index contributed by atoms with van der Waals surface area (Å²) >= 11 is 3.36. The van der Waals surface area contributed by atoms with Crippen LogP contribution in [0.4, 0.5) is 5.69 Å². The van der Waals surface area contributed by atoms with Crippen LogP contribution in [-0.2, 0) is 11.3 Å². The standard InChI is InChI=1S/C23H18BrN3O4/c24-19-10-6-16(7-11-19)14-21(23(29)25-15-17-4-2-1-3-5-17)26-22(28)18-8-12-20(13-9-18)27(30)31/h1-14H,15H2,(H,25,29)(H,26,28)/b21-14+. The van der Waals surface area contributed by atoms with Crippen molar-refractivity contribution in [2.24, 2.45) is 0 Å². The average Bonchev–Trinajstić information content (AvgIpc) is 2.79. The number of rotatable bonds is 7. The van der Waals surface area contributed by atoms with E-state index in [1.807, 2.05) is 42.5 Å². The maximum absolute atomic E-state index is 12.8. The molecule has 0 spiro atoms. The Morgan fingerprint density at radius 2 is 1.58 bits per heavy atom. The van der Waals surface area contributed by atoms with Crippen molar-refractivity contribution in [2.75, 3.05) is 0 Å². The average molecular weight is 480 g/mol. The van der Waals surface area contributed by atoms with Crippen molar-refractivity contribution in [3.8, 4) is 0 Å². The molecule has 0 bridgehead atoms. The van der Waals surface area contributed by atoms with E-state index in [0.29, 0.717) is 6.54 Å². The molecule has 0 unspecified atom stereocenters. The minimum Gasteiger partial charge on any atom is -0.347 e. The number of hydrogen-bond donors (Lipinski definition) is 2. The largest absolute Gasteiger partial charge is 0.347 e. The van der Waals surface area contributed by atoms with E-state index in [1.165, 1.54) is 24.3 Å². The van der Waals surface area contributed by atoms with Crippen molar-refractivity contribution >= 4 is 39.5 Å². The monoisotopic (exact) mass is 479 g/mol. The lowest BCUT2D eigenvalue weighted by atomic mass is 10.1. The minimum absolute atomic E-state index is 0.0570. The molecule has 3 aromatic carbocycles. The van der Waals surface area contributed by atoms with E-state index in [4.69, 9.17) is 0 Å². The van der Waals surface area contributed by atoms with Crippen LogP contribution in [0.15, 0.2) is 89.0 Å². The third kappa shape index (κ3) is 6.35. The smallest absolute Gasteiger partial charge is 0.269 e. The molecular weight excluding hydrogens is 462 g/mol. The Bertz CT molecular complexity index is 1110. The van der Waals surface area contributed by atoms with Crippen molar-refractivity contribution in [1.29, 1.82) is 0 Å². The molecule has 0 atom stereocenters. The van der Waals surface area contributed by atoms with Crippen LogP contribution in [0, 0.1) is 10.1 Å². The number of carbonyl (C=O) groups excluding carboxylic acids is 2. The van der Waals surface area contributed by atoms with Gasteiger partial charge >= 0.3 is 0 Å². The molecule has 156 valence electrons. The van der Waals surface area contributed by atoms with E-state index in [-0.39, 0.29) is 16.9 Å². The first-order chi connectivity index (χ1) is 14.9. The maximum atomic E-state index is 12.8. The van der Waals surface area contributed by atoms with E-state index >= 15 is 0 Å². The van der Waals surface area contributed by atoms with Gasteiger partial charge in [0, 0.05) is 28.7 Å². The Morgan fingerprint density at radius 3 is 2.19 bits per heavy atom. The first kappa shape index (κ1) is 21.9. The Labute approximate surface area is 187 Å². The van der Waals surface area contributed by atoms with Crippen molar-refractivity contribution in [2.45, 2.75) is 6.54 Å². The number of halogens is 1. The molecule has 7 nitrogen and oxygen atoms in total. The van der Waals surface area contributed by atoms with Gasteiger partial charge in [-0.3, -0.25) is 19.7 Å². The third-order valence-corrected chi connectivity index (χ3v) is 4.84. The molecule has 0 radical (unpaired) electrons. The van der Waals surface area contributed by atoms with Gasteiger partial charge in [-0.25, -0.2) is 0 Å². The molecule has 0 aliphatic heterocycles. The van der Waals surface area contributed by atoms with Crippen LogP contribution in [0.1, 0.15) is 21.5 Å². The fourth-order valence-corrected chi connectivity index (χ4v) is 2.95. The fraction of sp³-hybridized carbons (Fsp3) is 0.0435. The van der Waals surface area contributed by atoms with E-state index < -0.39 is 16.7 Å². The molecule has 31 heavy (non-hydrogen) atoms. The zero-order chi connectivity index (χ0) is 22.2. The van der Waals surface area contributed by atoms with Gasteiger partial charge in [0.15, 0.2) is 0 Å². The molecule has 0 aliphatic carbocycles. The number of nitrogens with one attached hydrogen (secondary N) is 2. The summed E-state index contributed by atoms with van der Waals surface area (Å²) in [6, 6.07) is 21.8. The van der Waals surface area contributed by atoms with Gasteiger partial charge in [-0.05, 0) is 41.5 Å². The lowest BCUT2D eigenvalue weighted by Gasteiger charge is -2.11. The van der Waals surface area contributed by atoms with Gasteiger partial charge in [-0.2, -0.15) is 0 Å². The summed E-state index contributed by atoms with van der Waals surface area (Å²) in [5.41, 5.74) is 1.77. The molecule has 0 aromatic heterocycles. The number of hydrogen-bond acceptors (Lipinski definition) is 4. The van der Waals surface area contributed by atoms with Crippen LogP contribution in [0.2, 0.25) is 0 Å². The van der Waals surface area contributed by atoms with E-state index in [0.717, 1.165) is 15.6 Å². The summed E-state index contributed by atoms with van der Waals surface area (Å²) in [6.07, 6.45) is 1.57. The van der Waals surface area contributed by atoms with Crippen LogP contribution in [0.5, 0.6) is 0 Å². The molecule has 0 saturated heterocycles. The highest BCUT2D eigenvalue weighted by atomic mass is 79.9. The van der Waals surface area contributed by atoms with Gasteiger partial charge in [0.25, 0.3) is 17.5 Å². The normalized spacial score (nSPS) is 10.9. The van der Waals surface area contributed by atoms with Gasteiger partial charge in [0.1, 0.15) is 5.70 Å². The van der Waals surface area contributed by atoms with E-state index in [2.05, 4.69) is 26.6 Å². The predicted octanol–water partition coefficient (Wildman–Crippen LogP) is 4.44. The zero-order valence-corrected chi connectivity index (χ0v) is 17.8. The maximum Gasteiger partial charge on any atom is 0.269 e. The van der Waals surface area contributed by atoms with Gasteiger partial charge in [0.05, 0.1) is 4.92 Å². The Morgan fingerprint density at radius 1 is 0.935 bits per heavy atom. The molecule has 2 N–H and O–H groups in total. The number of amides is 2. The summed E-state index contributed by atoms with van der Waals surface area (Å²) in [4.78, 5) is 35.7. The molecular formula is C23H18BrN3O4. The first-order valence-electron chi connectivity index (χ1n) is 9.27. The van der Waals surface area contributed by atoms with Crippen LogP contribution < -0.4 is 10.6 Å². The third-order valence-electron chi connectivity index (χ3n) is 4.31. The van der Waals surface area contributed by atoms with Gasteiger partial charge in [-0.1, -0.05) is 58.4 Å². The summed E-state index contributed by atoms with van der Waals surface area (Å²) < 4.78 is 0.884. The van der Waals surface area contributed by atoms with Crippen LogP contribution in [-0.4, -0.2) is 16.7 Å². The Hall–Kier alpha value is -3.78. The first-order valence-corrected chi connectivity index (χ1v) is 10.1. The Kier molecular flexibility index (Phi) is 7.29.